The third-order valence-electron chi connectivity index (χ3n) is 3.35. The van der Waals surface area contributed by atoms with Crippen LogP contribution in [-0.2, 0) is 6.54 Å². The molecule has 0 saturated carbocycles. The number of nitrogens with one attached hydrogen (secondary N) is 1. The second-order valence-electron chi connectivity index (χ2n) is 4.49. The van der Waals surface area contributed by atoms with E-state index in [2.05, 4.69) is 31.1 Å². The van der Waals surface area contributed by atoms with Crippen LogP contribution in [0.1, 0.15) is 43.1 Å². The Morgan fingerprint density at radius 1 is 1.33 bits per heavy atom. The first-order chi connectivity index (χ1) is 8.62. The summed E-state index contributed by atoms with van der Waals surface area (Å²) in [5.74, 6) is 4.84. The van der Waals surface area contributed by atoms with E-state index in [4.69, 9.17) is 5.84 Å². The molecule has 1 rings (SSSR count). The molecule has 0 aromatic heterocycles. The van der Waals surface area contributed by atoms with Gasteiger partial charge in [-0.2, -0.15) is 0 Å². The molecule has 0 aliphatic carbocycles. The average molecular weight is 249 g/mol. The number of nitrogens with zero attached hydrogens (tertiary/aromatic N) is 1. The Balaban J connectivity index is 2.70. The van der Waals surface area contributed by atoms with Gasteiger partial charge in [-0.25, -0.2) is 5.84 Å². The zero-order valence-corrected chi connectivity index (χ0v) is 11.4. The predicted molar refractivity (Wildman–Crippen MR) is 73.9 cm³/mol. The maximum absolute atomic E-state index is 11.3. The molecule has 1 amide bonds. The summed E-state index contributed by atoms with van der Waals surface area (Å²) in [4.78, 5) is 13.7. The van der Waals surface area contributed by atoms with Crippen molar-refractivity contribution in [3.63, 3.8) is 0 Å². The summed E-state index contributed by atoms with van der Waals surface area (Å²) in [5.41, 5.74) is 3.93. The highest BCUT2D eigenvalue weighted by Crippen LogP contribution is 2.11. The van der Waals surface area contributed by atoms with Gasteiger partial charge in [-0.15, -0.1) is 0 Å². The van der Waals surface area contributed by atoms with Crippen LogP contribution in [0, 0.1) is 0 Å². The van der Waals surface area contributed by atoms with Crippen molar-refractivity contribution in [3.8, 4) is 0 Å². The molecule has 0 heterocycles. The van der Waals surface area contributed by atoms with Crippen molar-refractivity contribution in [2.24, 2.45) is 5.84 Å². The topological polar surface area (TPSA) is 58.4 Å². The number of amides is 1. The molecule has 1 unspecified atom stereocenters. The molecule has 0 radical (unpaired) electrons. The van der Waals surface area contributed by atoms with Crippen molar-refractivity contribution < 1.29 is 4.79 Å². The van der Waals surface area contributed by atoms with Crippen LogP contribution in [0.5, 0.6) is 0 Å². The Morgan fingerprint density at radius 2 is 1.94 bits per heavy atom. The van der Waals surface area contributed by atoms with E-state index in [1.807, 2.05) is 24.3 Å². The van der Waals surface area contributed by atoms with Gasteiger partial charge in [0.25, 0.3) is 5.91 Å². The van der Waals surface area contributed by atoms with Crippen LogP contribution in [0.25, 0.3) is 0 Å². The summed E-state index contributed by atoms with van der Waals surface area (Å²) in [6.45, 7) is 8.54. The minimum Gasteiger partial charge on any atom is -0.297 e. The second-order valence-corrected chi connectivity index (χ2v) is 4.49. The largest absolute Gasteiger partial charge is 0.297 e. The summed E-state index contributed by atoms with van der Waals surface area (Å²) >= 11 is 0. The highest BCUT2D eigenvalue weighted by Gasteiger charge is 2.10. The number of nitrogen functional groups attached to an aromatic ring is 1. The van der Waals surface area contributed by atoms with Crippen LogP contribution in [0.15, 0.2) is 24.3 Å². The fraction of sp³-hybridized carbons (Fsp3) is 0.500. The monoisotopic (exact) mass is 249 g/mol. The van der Waals surface area contributed by atoms with Crippen LogP contribution in [0.2, 0.25) is 0 Å². The zero-order chi connectivity index (χ0) is 13.5. The van der Waals surface area contributed by atoms with E-state index >= 15 is 0 Å². The normalized spacial score (nSPS) is 12.5. The first kappa shape index (κ1) is 14.7. The molecule has 0 saturated heterocycles. The molecule has 0 bridgehead atoms. The van der Waals surface area contributed by atoms with Gasteiger partial charge in [0.15, 0.2) is 0 Å². The van der Waals surface area contributed by atoms with E-state index in [9.17, 15) is 4.79 Å². The Bertz CT molecular complexity index is 375. The maximum atomic E-state index is 11.3. The smallest absolute Gasteiger partial charge is 0.265 e. The Hall–Kier alpha value is -1.39. The van der Waals surface area contributed by atoms with Crippen LogP contribution in [0.4, 0.5) is 0 Å². The molecule has 4 nitrogen and oxygen atoms in total. The van der Waals surface area contributed by atoms with Crippen molar-refractivity contribution in [1.29, 1.82) is 0 Å². The lowest BCUT2D eigenvalue weighted by molar-refractivity contribution is 0.0953. The third-order valence-corrected chi connectivity index (χ3v) is 3.35. The summed E-state index contributed by atoms with van der Waals surface area (Å²) in [6, 6.07) is 8.15. The molecular formula is C14H23N3O. The number of hydrazine groups is 1. The van der Waals surface area contributed by atoms with Gasteiger partial charge in [-0.3, -0.25) is 15.1 Å². The molecule has 0 fully saturated rings. The predicted octanol–water partition coefficient (Wildman–Crippen LogP) is 1.91. The van der Waals surface area contributed by atoms with Crippen LogP contribution < -0.4 is 11.3 Å². The number of benzene rings is 1. The van der Waals surface area contributed by atoms with Gasteiger partial charge >= 0.3 is 0 Å². The third kappa shape index (κ3) is 3.82. The van der Waals surface area contributed by atoms with Gasteiger partial charge in [0.05, 0.1) is 0 Å². The highest BCUT2D eigenvalue weighted by atomic mass is 16.2. The summed E-state index contributed by atoms with van der Waals surface area (Å²) in [5, 5.41) is 0. The molecular weight excluding hydrogens is 226 g/mol. The quantitative estimate of drug-likeness (QED) is 0.460. The van der Waals surface area contributed by atoms with Gasteiger partial charge in [-0.1, -0.05) is 26.0 Å². The lowest BCUT2D eigenvalue weighted by Gasteiger charge is -2.27. The summed E-state index contributed by atoms with van der Waals surface area (Å²) < 4.78 is 0. The molecule has 1 aromatic carbocycles. The molecule has 18 heavy (non-hydrogen) atoms. The molecule has 3 N–H and O–H groups in total. The number of carbonyl (C=O) groups excluding carboxylic acids is 1. The van der Waals surface area contributed by atoms with E-state index in [0.29, 0.717) is 11.6 Å². The first-order valence-electron chi connectivity index (χ1n) is 6.46. The number of hydrogen-bond acceptors (Lipinski definition) is 3. The number of nitrogens with two attached hydrogens (primary N) is 1. The van der Waals surface area contributed by atoms with Crippen molar-refractivity contribution in [1.82, 2.24) is 10.3 Å². The lowest BCUT2D eigenvalue weighted by Crippen LogP contribution is -2.32. The molecule has 0 aliphatic heterocycles. The summed E-state index contributed by atoms with van der Waals surface area (Å²) in [7, 11) is 0. The SMILES string of the molecule is CCC(C)N(CC)Cc1ccc(C(=O)NN)cc1. The molecule has 1 atom stereocenters. The first-order valence-corrected chi connectivity index (χ1v) is 6.46. The van der Waals surface area contributed by atoms with E-state index in [-0.39, 0.29) is 5.91 Å². The molecule has 0 aliphatic rings. The van der Waals surface area contributed by atoms with Gasteiger partial charge in [0.1, 0.15) is 0 Å². The second kappa shape index (κ2) is 7.13. The molecule has 1 aromatic rings. The average Bonchev–Trinajstić information content (AvgIpc) is 2.43. The fourth-order valence-electron chi connectivity index (χ4n) is 1.92. The maximum Gasteiger partial charge on any atom is 0.265 e. The molecule has 4 heteroatoms. The molecule has 0 spiro atoms. The van der Waals surface area contributed by atoms with Crippen LogP contribution >= 0.6 is 0 Å². The van der Waals surface area contributed by atoms with Gasteiger partial charge < -0.3 is 0 Å². The lowest BCUT2D eigenvalue weighted by atomic mass is 10.1. The van der Waals surface area contributed by atoms with Crippen molar-refractivity contribution in [2.75, 3.05) is 6.54 Å². The number of rotatable bonds is 6. The Morgan fingerprint density at radius 3 is 2.39 bits per heavy atom. The van der Waals surface area contributed by atoms with Crippen LogP contribution in [0.3, 0.4) is 0 Å². The van der Waals surface area contributed by atoms with Crippen LogP contribution in [-0.4, -0.2) is 23.4 Å². The minimum absolute atomic E-state index is 0.254. The number of hydrogen-bond donors (Lipinski definition) is 2. The highest BCUT2D eigenvalue weighted by molar-refractivity contribution is 5.93. The van der Waals surface area contributed by atoms with Gasteiger partial charge in [0.2, 0.25) is 0 Å². The Kier molecular flexibility index (Phi) is 5.82. The zero-order valence-electron chi connectivity index (χ0n) is 11.4. The van der Waals surface area contributed by atoms with Crippen molar-refractivity contribution in [3.05, 3.63) is 35.4 Å². The molecule has 100 valence electrons. The van der Waals surface area contributed by atoms with Crippen molar-refractivity contribution >= 4 is 5.91 Å². The van der Waals surface area contributed by atoms with Gasteiger partial charge in [-0.05, 0) is 37.6 Å². The van der Waals surface area contributed by atoms with E-state index in [1.165, 1.54) is 5.56 Å². The standard InChI is InChI=1S/C14H23N3O/c1-4-11(3)17(5-2)10-12-6-8-13(9-7-12)14(18)16-15/h6-9,11H,4-5,10,15H2,1-3H3,(H,16,18). The summed E-state index contributed by atoms with van der Waals surface area (Å²) in [6.07, 6.45) is 1.14. The minimum atomic E-state index is -0.254. The van der Waals surface area contributed by atoms with Gasteiger partial charge in [0, 0.05) is 18.2 Å². The van der Waals surface area contributed by atoms with Crippen molar-refractivity contribution in [2.45, 2.75) is 39.8 Å². The fourth-order valence-corrected chi connectivity index (χ4v) is 1.92. The number of carbonyl (C=O) groups is 1. The van der Waals surface area contributed by atoms with E-state index in [1.54, 1.807) is 0 Å². The van der Waals surface area contributed by atoms with E-state index in [0.717, 1.165) is 19.5 Å². The van der Waals surface area contributed by atoms with E-state index < -0.39 is 0 Å². The Labute approximate surface area is 109 Å².